The molecule has 4 heterocycles. The molecule has 3 aromatic rings. The van der Waals surface area contributed by atoms with E-state index in [1.54, 1.807) is 17.3 Å². The molecule has 7 nitrogen and oxygen atoms in total. The smallest absolute Gasteiger partial charge is 0.289 e. The summed E-state index contributed by atoms with van der Waals surface area (Å²) in [5, 5.41) is 3.94. The van der Waals surface area contributed by atoms with E-state index in [-0.39, 0.29) is 5.91 Å². The summed E-state index contributed by atoms with van der Waals surface area (Å²) in [7, 11) is 0. The van der Waals surface area contributed by atoms with Crippen LogP contribution in [0.1, 0.15) is 44.7 Å². The Labute approximate surface area is 138 Å². The van der Waals surface area contributed by atoms with Crippen LogP contribution in [-0.2, 0) is 19.4 Å². The Morgan fingerprint density at radius 3 is 3.04 bits per heavy atom. The van der Waals surface area contributed by atoms with Crippen LogP contribution in [0.25, 0.3) is 0 Å². The molecule has 0 spiro atoms. The fourth-order valence-electron chi connectivity index (χ4n) is 3.06. The number of aromatic amines is 1. The van der Waals surface area contributed by atoms with Gasteiger partial charge in [0.1, 0.15) is 11.5 Å². The highest BCUT2D eigenvalue weighted by atomic mass is 16.5. The van der Waals surface area contributed by atoms with Crippen LogP contribution in [0.4, 0.5) is 0 Å². The third-order valence-electron chi connectivity index (χ3n) is 4.47. The lowest BCUT2D eigenvalue weighted by Gasteiger charge is -2.25. The van der Waals surface area contributed by atoms with E-state index in [1.807, 2.05) is 19.9 Å². The van der Waals surface area contributed by atoms with E-state index in [9.17, 15) is 4.79 Å². The molecule has 0 fully saturated rings. The first kappa shape index (κ1) is 14.7. The van der Waals surface area contributed by atoms with Gasteiger partial charge in [-0.15, -0.1) is 0 Å². The summed E-state index contributed by atoms with van der Waals surface area (Å²) < 4.78 is 10.9. The van der Waals surface area contributed by atoms with Crippen molar-refractivity contribution in [1.29, 1.82) is 0 Å². The Kier molecular flexibility index (Phi) is 3.48. The number of furan rings is 1. The molecule has 124 valence electrons. The van der Waals surface area contributed by atoms with Gasteiger partial charge in [0.05, 0.1) is 30.0 Å². The number of carbonyl (C=O) groups excluding carboxylic acids is 1. The van der Waals surface area contributed by atoms with Crippen molar-refractivity contribution in [2.75, 3.05) is 6.54 Å². The number of H-pyrrole nitrogens is 1. The monoisotopic (exact) mass is 326 g/mol. The Hall–Kier alpha value is -2.83. The number of rotatable bonds is 3. The Morgan fingerprint density at radius 1 is 1.38 bits per heavy atom. The lowest BCUT2D eigenvalue weighted by Crippen LogP contribution is -2.35. The van der Waals surface area contributed by atoms with Crippen molar-refractivity contribution < 1.29 is 13.7 Å². The van der Waals surface area contributed by atoms with Crippen molar-refractivity contribution in [1.82, 2.24) is 20.0 Å². The summed E-state index contributed by atoms with van der Waals surface area (Å²) in [6.45, 7) is 4.96. The van der Waals surface area contributed by atoms with Crippen molar-refractivity contribution in [3.8, 4) is 0 Å². The van der Waals surface area contributed by atoms with E-state index < -0.39 is 0 Å². The predicted octanol–water partition coefficient (Wildman–Crippen LogP) is 2.40. The molecule has 24 heavy (non-hydrogen) atoms. The lowest BCUT2D eigenvalue weighted by molar-refractivity contribution is 0.0698. The van der Waals surface area contributed by atoms with E-state index in [1.165, 1.54) is 0 Å². The Bertz CT molecular complexity index is 870. The first-order valence-corrected chi connectivity index (χ1v) is 7.92. The maximum atomic E-state index is 12.6. The number of aryl methyl sites for hydroxylation is 2. The second-order valence-corrected chi connectivity index (χ2v) is 6.05. The molecular weight excluding hydrogens is 308 g/mol. The molecule has 1 aliphatic rings. The Balaban J connectivity index is 1.50. The molecule has 0 bridgehead atoms. The van der Waals surface area contributed by atoms with Crippen LogP contribution < -0.4 is 0 Å². The second kappa shape index (κ2) is 5.67. The quantitative estimate of drug-likeness (QED) is 0.798. The zero-order valence-corrected chi connectivity index (χ0v) is 13.6. The summed E-state index contributed by atoms with van der Waals surface area (Å²) >= 11 is 0. The maximum absolute atomic E-state index is 12.6. The van der Waals surface area contributed by atoms with Crippen molar-refractivity contribution in [2.45, 2.75) is 33.2 Å². The topological polar surface area (TPSA) is 88.2 Å². The highest BCUT2D eigenvalue weighted by molar-refractivity contribution is 5.91. The normalized spacial score (nSPS) is 14.0. The molecule has 0 aromatic carbocycles. The highest BCUT2D eigenvalue weighted by Crippen LogP contribution is 2.21. The van der Waals surface area contributed by atoms with Gasteiger partial charge in [0, 0.05) is 24.9 Å². The number of amides is 1. The molecule has 7 heteroatoms. The number of hydrogen-bond donors (Lipinski definition) is 1. The molecule has 1 amide bonds. The third kappa shape index (κ3) is 2.51. The molecule has 0 atom stereocenters. The predicted molar refractivity (Wildman–Crippen MR) is 84.5 cm³/mol. The number of nitrogens with one attached hydrogen (secondary N) is 1. The summed E-state index contributed by atoms with van der Waals surface area (Å²) in [6.07, 6.45) is 3.00. The van der Waals surface area contributed by atoms with E-state index >= 15 is 0 Å². The minimum Gasteiger partial charge on any atom is -0.456 e. The molecule has 1 aliphatic heterocycles. The van der Waals surface area contributed by atoms with Crippen LogP contribution in [0, 0.1) is 13.8 Å². The number of hydrogen-bond acceptors (Lipinski definition) is 5. The largest absolute Gasteiger partial charge is 0.456 e. The summed E-state index contributed by atoms with van der Waals surface area (Å²) in [6, 6.07) is 3.57. The number of aromatic nitrogens is 3. The molecule has 0 unspecified atom stereocenters. The number of fused-ring (bicyclic) bond motifs is 1. The molecule has 0 saturated carbocycles. The first-order valence-electron chi connectivity index (χ1n) is 7.92. The van der Waals surface area contributed by atoms with Crippen LogP contribution in [0.15, 0.2) is 27.4 Å². The average Bonchev–Trinajstić information content (AvgIpc) is 3.30. The zero-order chi connectivity index (χ0) is 16.7. The fourth-order valence-corrected chi connectivity index (χ4v) is 3.06. The zero-order valence-electron chi connectivity index (χ0n) is 13.6. The molecule has 0 saturated heterocycles. The van der Waals surface area contributed by atoms with Crippen LogP contribution in [0.5, 0.6) is 0 Å². The molecule has 0 radical (unpaired) electrons. The van der Waals surface area contributed by atoms with E-state index in [2.05, 4.69) is 15.1 Å². The SMILES string of the molecule is Cc1noc(C)c1Cc1ccc(C(=O)N2CCc3nc[nH]c3C2)o1. The van der Waals surface area contributed by atoms with Gasteiger partial charge in [-0.05, 0) is 26.0 Å². The second-order valence-electron chi connectivity index (χ2n) is 6.05. The van der Waals surface area contributed by atoms with Gasteiger partial charge in [0.2, 0.25) is 0 Å². The van der Waals surface area contributed by atoms with Crippen molar-refractivity contribution >= 4 is 5.91 Å². The van der Waals surface area contributed by atoms with Gasteiger partial charge >= 0.3 is 0 Å². The van der Waals surface area contributed by atoms with Crippen LogP contribution in [0.3, 0.4) is 0 Å². The third-order valence-corrected chi connectivity index (χ3v) is 4.47. The van der Waals surface area contributed by atoms with E-state index in [4.69, 9.17) is 8.94 Å². The fraction of sp³-hybridized carbons (Fsp3) is 0.353. The molecule has 4 rings (SSSR count). The summed E-state index contributed by atoms with van der Waals surface area (Å²) in [4.78, 5) is 21.8. The van der Waals surface area contributed by atoms with Gasteiger partial charge in [0.25, 0.3) is 5.91 Å². The molecule has 1 N–H and O–H groups in total. The van der Waals surface area contributed by atoms with Crippen LogP contribution >= 0.6 is 0 Å². The first-order chi connectivity index (χ1) is 11.6. The van der Waals surface area contributed by atoms with Crippen LogP contribution in [-0.4, -0.2) is 32.5 Å². The molecular formula is C17H18N4O3. The van der Waals surface area contributed by atoms with E-state index in [0.717, 1.165) is 40.6 Å². The summed E-state index contributed by atoms with van der Waals surface area (Å²) in [5.74, 6) is 1.77. The van der Waals surface area contributed by atoms with Crippen molar-refractivity contribution in [3.05, 3.63) is 58.4 Å². The van der Waals surface area contributed by atoms with Crippen molar-refractivity contribution in [3.63, 3.8) is 0 Å². The molecule has 0 aliphatic carbocycles. The Morgan fingerprint density at radius 2 is 2.25 bits per heavy atom. The average molecular weight is 326 g/mol. The number of nitrogens with zero attached hydrogens (tertiary/aromatic N) is 3. The maximum Gasteiger partial charge on any atom is 0.289 e. The van der Waals surface area contributed by atoms with Gasteiger partial charge in [-0.2, -0.15) is 0 Å². The van der Waals surface area contributed by atoms with Gasteiger partial charge in [0.15, 0.2) is 5.76 Å². The van der Waals surface area contributed by atoms with Gasteiger partial charge < -0.3 is 18.8 Å². The number of carbonyl (C=O) groups is 1. The minimum absolute atomic E-state index is 0.0970. The van der Waals surface area contributed by atoms with E-state index in [0.29, 0.717) is 25.3 Å². The van der Waals surface area contributed by atoms with Gasteiger partial charge in [-0.3, -0.25) is 4.79 Å². The number of imidazole rings is 1. The standard InChI is InChI=1S/C17H18N4O3/c1-10-13(11(2)24-20-10)7-12-3-4-16(23-12)17(22)21-6-5-14-15(8-21)19-9-18-14/h3-4,9H,5-8H2,1-2H3,(H,18,19). The lowest BCUT2D eigenvalue weighted by atomic mass is 10.1. The van der Waals surface area contributed by atoms with Crippen LogP contribution in [0.2, 0.25) is 0 Å². The van der Waals surface area contributed by atoms with Gasteiger partial charge in [-0.1, -0.05) is 5.16 Å². The minimum atomic E-state index is -0.0970. The summed E-state index contributed by atoms with van der Waals surface area (Å²) in [5.41, 5.74) is 3.89. The van der Waals surface area contributed by atoms with Gasteiger partial charge in [-0.25, -0.2) is 4.98 Å². The van der Waals surface area contributed by atoms with Crippen molar-refractivity contribution in [2.24, 2.45) is 0 Å². The highest BCUT2D eigenvalue weighted by Gasteiger charge is 2.25. The molecule has 3 aromatic heterocycles.